The van der Waals surface area contributed by atoms with Gasteiger partial charge in [0, 0.05) is 6.20 Å². The van der Waals surface area contributed by atoms with Crippen molar-refractivity contribution in [2.75, 3.05) is 0 Å². The van der Waals surface area contributed by atoms with E-state index in [2.05, 4.69) is 12.4 Å². The van der Waals surface area contributed by atoms with Gasteiger partial charge in [-0.2, -0.15) is 0 Å². The average Bonchev–Trinajstić information content (AvgIpc) is 2.66. The van der Waals surface area contributed by atoms with E-state index in [0.717, 1.165) is 19.3 Å². The highest BCUT2D eigenvalue weighted by molar-refractivity contribution is 5.75. The Morgan fingerprint density at radius 2 is 1.39 bits per heavy atom. The molecule has 0 spiro atoms. The Balaban J connectivity index is 3.97. The molecular weight excluding hydrogens is 370 g/mol. The van der Waals surface area contributed by atoms with Crippen LogP contribution in [-0.2, 0) is 14.4 Å². The lowest BCUT2D eigenvalue weighted by Gasteiger charge is -2.24. The van der Waals surface area contributed by atoms with Crippen molar-refractivity contribution in [1.29, 1.82) is 0 Å². The molecule has 0 saturated carbocycles. The number of allylic oxidation sites excluding steroid dienone is 1. The average molecular weight is 405 g/mol. The Kier molecular flexibility index (Phi) is 15.3. The summed E-state index contributed by atoms with van der Waals surface area (Å²) in [6, 6.07) is 0. The van der Waals surface area contributed by atoms with Crippen LogP contribution < -0.4 is 5.48 Å². The number of aliphatic hydroxyl groups excluding tert-OH is 3. The van der Waals surface area contributed by atoms with Crippen molar-refractivity contribution in [3.63, 3.8) is 0 Å². The van der Waals surface area contributed by atoms with Crippen molar-refractivity contribution < 1.29 is 40.0 Å². The smallest absolute Gasteiger partial charge is 0.338 e. The first kappa shape index (κ1) is 26.3. The molecule has 9 nitrogen and oxygen atoms in total. The summed E-state index contributed by atoms with van der Waals surface area (Å²) in [4.78, 5) is 26.4. The van der Waals surface area contributed by atoms with Crippen LogP contribution in [0.5, 0.6) is 0 Å². The number of rotatable bonds is 18. The Bertz CT molecular complexity index is 457. The first-order valence-corrected chi connectivity index (χ1v) is 9.88. The topological polar surface area (TPSA) is 157 Å². The molecule has 6 N–H and O–H groups in total. The summed E-state index contributed by atoms with van der Waals surface area (Å²) in [5, 5.41) is 46.0. The molecule has 0 bridgehead atoms. The Labute approximate surface area is 166 Å². The van der Waals surface area contributed by atoms with Crippen molar-refractivity contribution in [2.45, 2.75) is 95.5 Å². The highest BCUT2D eigenvalue weighted by Crippen LogP contribution is 2.11. The van der Waals surface area contributed by atoms with Gasteiger partial charge in [0.2, 0.25) is 6.10 Å². The maximum absolute atomic E-state index is 11.1. The normalized spacial score (nSPS) is 15.9. The van der Waals surface area contributed by atoms with E-state index in [-0.39, 0.29) is 0 Å². The standard InChI is InChI=1S/C19H35NO8/c1-2-3-4-5-6-7-8-9-10-11-12-13-20-28-17(19(26)27)15(22)14(21)16(23)18(24)25/h12-17,20-23H,2-11H2,1H3,(H,24,25)(H,26,27)/b13-12+/t14-,15-,16-,17+/m0/s1. The number of carboxylic acids is 2. The van der Waals surface area contributed by atoms with Gasteiger partial charge in [-0.25, -0.2) is 9.59 Å². The van der Waals surface area contributed by atoms with Crippen LogP contribution in [0.15, 0.2) is 12.3 Å². The minimum Gasteiger partial charge on any atom is -0.479 e. The first-order valence-electron chi connectivity index (χ1n) is 9.88. The Morgan fingerprint density at radius 1 is 0.857 bits per heavy atom. The number of carboxylic acid groups (broad SMARTS) is 2. The predicted octanol–water partition coefficient (Wildman–Crippen LogP) is 1.56. The summed E-state index contributed by atoms with van der Waals surface area (Å²) in [6.07, 6.45) is 6.18. The molecule has 0 rings (SSSR count). The van der Waals surface area contributed by atoms with E-state index in [4.69, 9.17) is 15.1 Å². The molecule has 0 aliphatic heterocycles. The number of hydrogen-bond acceptors (Lipinski definition) is 7. The third-order valence-corrected chi connectivity index (χ3v) is 4.34. The zero-order chi connectivity index (χ0) is 21.4. The molecular formula is C19H35NO8. The van der Waals surface area contributed by atoms with E-state index in [0.29, 0.717) is 0 Å². The van der Waals surface area contributed by atoms with Crippen molar-refractivity contribution in [2.24, 2.45) is 0 Å². The third kappa shape index (κ3) is 11.9. The molecule has 0 aromatic carbocycles. The SMILES string of the molecule is CCCCCCCCCCC/C=C/NO[C@@H](C(=O)O)[C@@H](O)[C@H](O)[C@H](O)C(=O)O. The molecule has 0 saturated heterocycles. The largest absolute Gasteiger partial charge is 0.479 e. The molecule has 4 atom stereocenters. The molecule has 0 fully saturated rings. The fourth-order valence-electron chi connectivity index (χ4n) is 2.60. The predicted molar refractivity (Wildman–Crippen MR) is 102 cm³/mol. The van der Waals surface area contributed by atoms with Gasteiger partial charge in [-0.3, -0.25) is 10.3 Å². The lowest BCUT2D eigenvalue weighted by molar-refractivity contribution is -0.184. The van der Waals surface area contributed by atoms with Gasteiger partial charge in [-0.05, 0) is 12.8 Å². The van der Waals surface area contributed by atoms with Crippen LogP contribution >= 0.6 is 0 Å². The van der Waals surface area contributed by atoms with Crippen LogP contribution in [0.3, 0.4) is 0 Å². The Morgan fingerprint density at radius 3 is 1.89 bits per heavy atom. The fraction of sp³-hybridized carbons (Fsp3) is 0.789. The highest BCUT2D eigenvalue weighted by atomic mass is 16.7. The maximum atomic E-state index is 11.1. The Hall–Kier alpha value is -1.68. The van der Waals surface area contributed by atoms with E-state index in [1.54, 1.807) is 6.08 Å². The molecule has 9 heteroatoms. The highest BCUT2D eigenvalue weighted by Gasteiger charge is 2.39. The van der Waals surface area contributed by atoms with Gasteiger partial charge in [0.25, 0.3) is 0 Å². The van der Waals surface area contributed by atoms with Crippen molar-refractivity contribution in [1.82, 2.24) is 5.48 Å². The van der Waals surface area contributed by atoms with Crippen molar-refractivity contribution >= 4 is 11.9 Å². The number of carbonyl (C=O) groups is 2. The molecule has 0 aliphatic rings. The van der Waals surface area contributed by atoms with Gasteiger partial charge in [-0.15, -0.1) is 0 Å². The minimum absolute atomic E-state index is 0.771. The molecule has 0 radical (unpaired) electrons. The summed E-state index contributed by atoms with van der Waals surface area (Å²) >= 11 is 0. The quantitative estimate of drug-likeness (QED) is 0.147. The number of unbranched alkanes of at least 4 members (excludes halogenated alkanes) is 9. The zero-order valence-corrected chi connectivity index (χ0v) is 16.5. The second kappa shape index (κ2) is 16.3. The summed E-state index contributed by atoms with van der Waals surface area (Å²) in [7, 11) is 0. The second-order valence-corrected chi connectivity index (χ2v) is 6.78. The van der Waals surface area contributed by atoms with Crippen LogP contribution in [0.1, 0.15) is 71.1 Å². The third-order valence-electron chi connectivity index (χ3n) is 4.34. The van der Waals surface area contributed by atoms with Gasteiger partial charge >= 0.3 is 11.9 Å². The summed E-state index contributed by atoms with van der Waals surface area (Å²) < 4.78 is 0. The van der Waals surface area contributed by atoms with Crippen LogP contribution in [0.2, 0.25) is 0 Å². The fourth-order valence-corrected chi connectivity index (χ4v) is 2.60. The monoisotopic (exact) mass is 405 g/mol. The molecule has 0 heterocycles. The lowest BCUT2D eigenvalue weighted by atomic mass is 10.0. The summed E-state index contributed by atoms with van der Waals surface area (Å²) in [5.74, 6) is -3.41. The van der Waals surface area contributed by atoms with Gasteiger partial charge in [0.1, 0.15) is 12.2 Å². The van der Waals surface area contributed by atoms with Crippen LogP contribution in [0.4, 0.5) is 0 Å². The van der Waals surface area contributed by atoms with Crippen LogP contribution in [0.25, 0.3) is 0 Å². The lowest BCUT2D eigenvalue weighted by Crippen LogP contribution is -2.52. The molecule has 0 aromatic rings. The number of aliphatic carboxylic acids is 2. The van der Waals surface area contributed by atoms with E-state index >= 15 is 0 Å². The van der Waals surface area contributed by atoms with E-state index < -0.39 is 36.4 Å². The van der Waals surface area contributed by atoms with Gasteiger partial charge in [-0.1, -0.05) is 64.4 Å². The van der Waals surface area contributed by atoms with Crippen molar-refractivity contribution in [3.05, 3.63) is 12.3 Å². The first-order chi connectivity index (χ1) is 13.3. The molecule has 0 aromatic heterocycles. The zero-order valence-electron chi connectivity index (χ0n) is 16.5. The molecule has 0 amide bonds. The van der Waals surface area contributed by atoms with E-state index in [1.807, 2.05) is 0 Å². The number of hydrogen-bond donors (Lipinski definition) is 6. The minimum atomic E-state index is -2.33. The molecule has 0 aliphatic carbocycles. The van der Waals surface area contributed by atoms with Gasteiger partial charge in [0.05, 0.1) is 0 Å². The summed E-state index contributed by atoms with van der Waals surface area (Å²) in [5.41, 5.74) is 2.24. The van der Waals surface area contributed by atoms with E-state index in [9.17, 15) is 24.9 Å². The van der Waals surface area contributed by atoms with E-state index in [1.165, 1.54) is 51.1 Å². The van der Waals surface area contributed by atoms with Gasteiger partial charge < -0.3 is 25.5 Å². The van der Waals surface area contributed by atoms with Crippen molar-refractivity contribution in [3.8, 4) is 0 Å². The second-order valence-electron chi connectivity index (χ2n) is 6.78. The van der Waals surface area contributed by atoms with Crippen LogP contribution in [0, 0.1) is 0 Å². The summed E-state index contributed by atoms with van der Waals surface area (Å²) in [6.45, 7) is 2.20. The maximum Gasteiger partial charge on any atom is 0.338 e. The number of nitrogens with one attached hydrogen (secondary N) is 1. The van der Waals surface area contributed by atoms with Gasteiger partial charge in [0.15, 0.2) is 6.10 Å². The molecule has 0 unspecified atom stereocenters. The molecule has 164 valence electrons. The number of aliphatic hydroxyl groups is 3. The molecule has 28 heavy (non-hydrogen) atoms. The number of hydroxylamine groups is 1. The van der Waals surface area contributed by atoms with Crippen LogP contribution in [-0.4, -0.2) is 61.9 Å².